The summed E-state index contributed by atoms with van der Waals surface area (Å²) >= 11 is 0. The summed E-state index contributed by atoms with van der Waals surface area (Å²) in [6, 6.07) is 0. The van der Waals surface area contributed by atoms with Gasteiger partial charge in [0.1, 0.15) is 19.8 Å². The highest BCUT2D eigenvalue weighted by molar-refractivity contribution is 7.45. The first-order valence-corrected chi connectivity index (χ1v) is 41.1. The Morgan fingerprint density at radius 2 is 0.620 bits per heavy atom. The van der Waals surface area contributed by atoms with Crippen LogP contribution in [0.2, 0.25) is 0 Å². The van der Waals surface area contributed by atoms with Gasteiger partial charge in [-0.25, -0.2) is 0 Å². The molecular weight excluding hydrogens is 1160 g/mol. The van der Waals surface area contributed by atoms with Crippen LogP contribution in [0, 0.1) is 0 Å². The van der Waals surface area contributed by atoms with E-state index < -0.39 is 26.5 Å². The van der Waals surface area contributed by atoms with E-state index in [1.807, 2.05) is 21.1 Å². The first kappa shape index (κ1) is 89.5. The van der Waals surface area contributed by atoms with Crippen LogP contribution in [0.5, 0.6) is 0 Å². The Kier molecular flexibility index (Phi) is 70.7. The van der Waals surface area contributed by atoms with Crippen molar-refractivity contribution < 1.29 is 42.1 Å². The highest BCUT2D eigenvalue weighted by Gasteiger charge is 2.22. The van der Waals surface area contributed by atoms with Crippen molar-refractivity contribution >= 4 is 19.8 Å². The van der Waals surface area contributed by atoms with Crippen LogP contribution in [0.25, 0.3) is 0 Å². The number of carbonyl (C=O) groups excluding carboxylic acids is 2. The minimum Gasteiger partial charge on any atom is -0.756 e. The number of ether oxygens (including phenoxy) is 2. The number of phosphoric acid groups is 1. The summed E-state index contributed by atoms with van der Waals surface area (Å²) < 4.78 is 34.4. The number of rotatable bonds is 74. The number of likely N-dealkylation sites (N-methyl/N-ethyl adjacent to an activating group) is 1. The lowest BCUT2D eigenvalue weighted by Gasteiger charge is -2.28. The largest absolute Gasteiger partial charge is 0.756 e. The zero-order valence-corrected chi connectivity index (χ0v) is 62.4. The zero-order valence-electron chi connectivity index (χ0n) is 61.5. The number of nitrogens with zero attached hydrogens (tertiary/aromatic N) is 1. The fraction of sp³-hybridized carbons (Fsp3) is 0.829. The Morgan fingerprint density at radius 3 is 0.924 bits per heavy atom. The Labute approximate surface area is 571 Å². The summed E-state index contributed by atoms with van der Waals surface area (Å²) in [5.74, 6) is -0.830. The van der Waals surface area contributed by atoms with Crippen LogP contribution < -0.4 is 4.89 Å². The zero-order chi connectivity index (χ0) is 66.9. The molecule has 0 N–H and O–H groups in total. The molecule has 0 fully saturated rings. The molecule has 0 bridgehead atoms. The highest BCUT2D eigenvalue weighted by atomic mass is 31.2. The van der Waals surface area contributed by atoms with E-state index in [1.54, 1.807) is 0 Å². The van der Waals surface area contributed by atoms with E-state index in [-0.39, 0.29) is 32.0 Å². The number of allylic oxidation sites excluding steroid dienone is 12. The molecule has 0 spiro atoms. The highest BCUT2D eigenvalue weighted by Crippen LogP contribution is 2.38. The van der Waals surface area contributed by atoms with Gasteiger partial charge in [-0.2, -0.15) is 0 Å². The van der Waals surface area contributed by atoms with Crippen molar-refractivity contribution in [1.82, 2.24) is 0 Å². The number of hydrogen-bond acceptors (Lipinski definition) is 8. The number of quaternary nitrogens is 1. The van der Waals surface area contributed by atoms with Gasteiger partial charge in [0.25, 0.3) is 7.82 Å². The van der Waals surface area contributed by atoms with Crippen molar-refractivity contribution in [1.29, 1.82) is 0 Å². The number of esters is 2. The Balaban J connectivity index is 3.90. The minimum atomic E-state index is -4.65. The van der Waals surface area contributed by atoms with Crippen molar-refractivity contribution in [2.24, 2.45) is 0 Å². The van der Waals surface area contributed by atoms with Gasteiger partial charge in [-0.15, -0.1) is 0 Å². The van der Waals surface area contributed by atoms with Crippen LogP contribution in [0.3, 0.4) is 0 Å². The second-order valence-electron chi connectivity index (χ2n) is 28.1. The van der Waals surface area contributed by atoms with Gasteiger partial charge in [0.2, 0.25) is 0 Å². The molecule has 0 aromatic rings. The molecule has 0 aliphatic rings. The van der Waals surface area contributed by atoms with E-state index in [0.29, 0.717) is 17.4 Å². The number of phosphoric ester groups is 1. The van der Waals surface area contributed by atoms with Crippen molar-refractivity contribution in [3.8, 4) is 0 Å². The fourth-order valence-electron chi connectivity index (χ4n) is 11.7. The van der Waals surface area contributed by atoms with Gasteiger partial charge in [0, 0.05) is 12.8 Å². The molecule has 0 aliphatic heterocycles. The van der Waals surface area contributed by atoms with Crippen LogP contribution in [-0.2, 0) is 32.7 Å². The van der Waals surface area contributed by atoms with E-state index >= 15 is 0 Å². The van der Waals surface area contributed by atoms with E-state index in [0.717, 1.165) is 83.5 Å². The molecule has 0 aromatic heterocycles. The van der Waals surface area contributed by atoms with E-state index in [4.69, 9.17) is 18.5 Å². The molecule has 92 heavy (non-hydrogen) atoms. The lowest BCUT2D eigenvalue weighted by Crippen LogP contribution is -2.37. The maximum atomic E-state index is 12.9. The molecule has 10 heteroatoms. The molecule has 2 unspecified atom stereocenters. The lowest BCUT2D eigenvalue weighted by atomic mass is 10.0. The third kappa shape index (κ3) is 76.5. The summed E-state index contributed by atoms with van der Waals surface area (Å²) in [4.78, 5) is 38.1. The first-order chi connectivity index (χ1) is 45.0. The molecular formula is C82H152NO8P. The van der Waals surface area contributed by atoms with Gasteiger partial charge in [-0.1, -0.05) is 382 Å². The van der Waals surface area contributed by atoms with Crippen molar-refractivity contribution in [3.63, 3.8) is 0 Å². The summed E-state index contributed by atoms with van der Waals surface area (Å²) in [7, 11) is 1.17. The molecule has 0 saturated heterocycles. The quantitative estimate of drug-likeness (QED) is 0.0195. The molecule has 0 saturated carbocycles. The SMILES string of the molecule is CC/C=C\C/C=C\C/C=C\C/C=C\C/C=C\C/C=C\CCCCCCCCCCC(=O)OC(COC(=O)CCCCCCCCCCCCCCCCCCCCCCCCCCCCCCCCCCCCCCCCCCC)COP(=O)([O-])OCC[N+](C)(C)C. The fourth-order valence-corrected chi connectivity index (χ4v) is 12.5. The molecule has 0 aromatic carbocycles. The van der Waals surface area contributed by atoms with Crippen LogP contribution >= 0.6 is 7.82 Å². The molecule has 9 nitrogen and oxygen atoms in total. The summed E-state index contributed by atoms with van der Waals surface area (Å²) in [6.07, 6.45) is 99.0. The summed E-state index contributed by atoms with van der Waals surface area (Å²) in [5, 5.41) is 0. The van der Waals surface area contributed by atoms with E-state index in [2.05, 4.69) is 86.8 Å². The average molecular weight is 1310 g/mol. The van der Waals surface area contributed by atoms with E-state index in [9.17, 15) is 19.0 Å². The summed E-state index contributed by atoms with van der Waals surface area (Å²) in [5.41, 5.74) is 0. The second-order valence-corrected chi connectivity index (χ2v) is 29.5. The summed E-state index contributed by atoms with van der Waals surface area (Å²) in [6.45, 7) is 4.17. The molecule has 0 rings (SSSR count). The smallest absolute Gasteiger partial charge is 0.306 e. The van der Waals surface area contributed by atoms with Gasteiger partial charge in [-0.3, -0.25) is 14.2 Å². The van der Waals surface area contributed by atoms with Gasteiger partial charge in [0.05, 0.1) is 27.7 Å². The topological polar surface area (TPSA) is 111 Å². The Morgan fingerprint density at radius 1 is 0.348 bits per heavy atom. The van der Waals surface area contributed by atoms with Crippen LogP contribution in [0.15, 0.2) is 72.9 Å². The molecule has 0 radical (unpaired) electrons. The monoisotopic (exact) mass is 1310 g/mol. The standard InChI is InChI=1S/C82H152NO8P/c1-6-8-10-12-14-16-18-20-22-24-26-28-30-32-34-35-36-37-38-39-40-41-42-43-44-45-46-47-49-50-52-54-56-58-60-62-64-66-68-70-72-74-81(84)88-78-80(79-90-92(86,87)89-77-76-83(3,4)5)91-82(85)75-73-71-69-67-65-63-61-59-57-55-53-51-48-33-31-29-27-25-23-21-19-17-15-13-11-9-7-2/h9,11,15,17,21,23,27,29,33,48,53,55,80H,6-8,10,12-14,16,18-20,22,24-26,28,30-32,34-47,49-52,54,56-79H2,1-5H3/b11-9-,17-15-,23-21-,29-27-,48-33-,55-53-. The number of unbranched alkanes of at least 4 members (excludes halogenated alkanes) is 48. The predicted molar refractivity (Wildman–Crippen MR) is 397 cm³/mol. The van der Waals surface area contributed by atoms with Crippen LogP contribution in [0.1, 0.15) is 386 Å². The Hall–Kier alpha value is -2.55. The van der Waals surface area contributed by atoms with Gasteiger partial charge < -0.3 is 27.9 Å². The van der Waals surface area contributed by atoms with Gasteiger partial charge >= 0.3 is 11.9 Å². The maximum Gasteiger partial charge on any atom is 0.306 e. The third-order valence-corrected chi connectivity index (χ3v) is 18.7. The Bertz CT molecular complexity index is 1780. The van der Waals surface area contributed by atoms with E-state index in [1.165, 1.54) is 270 Å². The van der Waals surface area contributed by atoms with Crippen molar-refractivity contribution in [2.75, 3.05) is 47.5 Å². The maximum absolute atomic E-state index is 12.9. The predicted octanol–water partition coefficient (Wildman–Crippen LogP) is 25.7. The second kappa shape index (κ2) is 72.7. The first-order valence-electron chi connectivity index (χ1n) is 39.6. The molecule has 0 aliphatic carbocycles. The molecule has 2 atom stereocenters. The number of hydrogen-bond donors (Lipinski definition) is 0. The minimum absolute atomic E-state index is 0.0339. The lowest BCUT2D eigenvalue weighted by molar-refractivity contribution is -0.870. The number of carbonyl (C=O) groups is 2. The van der Waals surface area contributed by atoms with Crippen molar-refractivity contribution in [2.45, 2.75) is 392 Å². The van der Waals surface area contributed by atoms with Gasteiger partial charge in [-0.05, 0) is 64.2 Å². The van der Waals surface area contributed by atoms with Crippen LogP contribution in [-0.4, -0.2) is 70.0 Å². The third-order valence-electron chi connectivity index (χ3n) is 17.7. The molecule has 538 valence electrons. The average Bonchev–Trinajstić information content (AvgIpc) is 2.14. The van der Waals surface area contributed by atoms with Gasteiger partial charge in [0.15, 0.2) is 6.10 Å². The van der Waals surface area contributed by atoms with Crippen molar-refractivity contribution in [3.05, 3.63) is 72.9 Å². The molecule has 0 heterocycles. The van der Waals surface area contributed by atoms with Crippen LogP contribution in [0.4, 0.5) is 0 Å². The molecule has 0 amide bonds. The normalized spacial score (nSPS) is 13.4.